The van der Waals surface area contributed by atoms with Crippen molar-refractivity contribution in [1.29, 1.82) is 0 Å². The Morgan fingerprint density at radius 1 is 0.915 bits per heavy atom. The Labute approximate surface area is 495 Å². The minimum absolute atomic E-state index is 0.0325. The highest BCUT2D eigenvalue weighted by molar-refractivity contribution is 7.16. The van der Waals surface area contributed by atoms with Gasteiger partial charge in [0.25, 0.3) is 8.32 Å². The summed E-state index contributed by atoms with van der Waals surface area (Å²) in [5, 5.41) is 23.1. The highest BCUT2D eigenvalue weighted by Crippen LogP contribution is 2.39. The van der Waals surface area contributed by atoms with Crippen molar-refractivity contribution in [2.45, 2.75) is 96.9 Å². The summed E-state index contributed by atoms with van der Waals surface area (Å²) in [7, 11) is 4.15. The van der Waals surface area contributed by atoms with Crippen molar-refractivity contribution in [1.82, 2.24) is 29.5 Å². The third kappa shape index (κ3) is 16.0. The van der Waals surface area contributed by atoms with Gasteiger partial charge in [-0.05, 0) is 117 Å². The summed E-state index contributed by atoms with van der Waals surface area (Å²) in [5.74, 6) is 5.52. The van der Waals surface area contributed by atoms with Gasteiger partial charge >= 0.3 is 5.97 Å². The van der Waals surface area contributed by atoms with Gasteiger partial charge in [-0.3, -0.25) is 14.4 Å². The van der Waals surface area contributed by atoms with E-state index in [1.165, 1.54) is 27.8 Å². The molecule has 0 aliphatic carbocycles. The molecule has 8 rings (SSSR count). The first kappa shape index (κ1) is 62.1. The fourth-order valence-corrected chi connectivity index (χ4v) is 18.0. The molecule has 1 saturated heterocycles. The van der Waals surface area contributed by atoms with E-state index in [9.17, 15) is 9.90 Å². The van der Waals surface area contributed by atoms with Gasteiger partial charge in [0.05, 0.1) is 49.6 Å². The monoisotopic (exact) mass is 1180 g/mol. The lowest BCUT2D eigenvalue weighted by Gasteiger charge is -2.48. The molecule has 0 amide bonds. The van der Waals surface area contributed by atoms with Crippen molar-refractivity contribution in [3.8, 4) is 17.6 Å². The number of hydrogen-bond acceptors (Lipinski definition) is 13. The summed E-state index contributed by atoms with van der Waals surface area (Å²) in [6.07, 6.45) is 2.03. The number of thiazole rings is 2. The van der Waals surface area contributed by atoms with Crippen LogP contribution in [0.3, 0.4) is 0 Å². The van der Waals surface area contributed by atoms with E-state index in [1.807, 2.05) is 49.0 Å². The number of hydrogen-bond donors (Lipinski definition) is 1. The SMILES string of the molecule is Cc1cc(N(CCCC(C[N+]2(C)CCN(C)CC2)O[Si](c2ccccc2)(c2ccccc2)C(C)(C)C)c2nc(C(=O)O)c(CCCOc3ccc(C#CCN(C)C)cc3F)s2)nnc1N=c1sc2ccccc2n1COCC[Si](C)(C)C. The number of carboxylic acids is 1. The van der Waals surface area contributed by atoms with Crippen molar-refractivity contribution in [2.24, 2.45) is 4.99 Å². The van der Waals surface area contributed by atoms with Gasteiger partial charge in [-0.1, -0.05) is 136 Å². The number of ether oxygens (including phenoxy) is 2. The van der Waals surface area contributed by atoms with Crippen LogP contribution in [0.1, 0.15) is 66.5 Å². The third-order valence-electron chi connectivity index (χ3n) is 15.1. The number of aryl methyl sites for hydroxylation is 2. The molecule has 0 radical (unpaired) electrons. The minimum Gasteiger partial charge on any atom is -0.491 e. The number of piperazine rings is 1. The van der Waals surface area contributed by atoms with E-state index < -0.39 is 28.2 Å². The summed E-state index contributed by atoms with van der Waals surface area (Å²) in [4.78, 5) is 30.8. The molecule has 1 N–H and O–H groups in total. The third-order valence-corrected chi connectivity index (χ3v) is 24.1. The van der Waals surface area contributed by atoms with E-state index in [0.29, 0.717) is 72.9 Å². The smallest absolute Gasteiger partial charge is 0.355 e. The number of carbonyl (C=O) groups is 1. The number of benzene rings is 4. The molecule has 7 aromatic rings. The number of aromatic carboxylic acids is 1. The molecule has 82 heavy (non-hydrogen) atoms. The van der Waals surface area contributed by atoms with Crippen LogP contribution in [0.25, 0.3) is 10.2 Å². The van der Waals surface area contributed by atoms with Crippen LogP contribution in [0.5, 0.6) is 5.75 Å². The molecule has 14 nitrogen and oxygen atoms in total. The minimum atomic E-state index is -2.98. The first-order valence-electron chi connectivity index (χ1n) is 28.5. The molecule has 3 aromatic heterocycles. The van der Waals surface area contributed by atoms with Crippen LogP contribution < -0.4 is 24.8 Å². The van der Waals surface area contributed by atoms with Crippen molar-refractivity contribution >= 4 is 82.4 Å². The van der Waals surface area contributed by atoms with Crippen LogP contribution in [0.4, 0.5) is 21.2 Å². The Hall–Kier alpha value is -5.93. The quantitative estimate of drug-likeness (QED) is 0.0254. The fraction of sp³-hybridized carbons (Fsp3) is 0.444. The number of fused-ring (bicyclic) bond motifs is 1. The normalized spacial score (nSPS) is 14.7. The Bertz CT molecular complexity index is 3340. The van der Waals surface area contributed by atoms with Gasteiger partial charge in [-0.25, -0.2) is 14.2 Å². The predicted molar refractivity (Wildman–Crippen MR) is 338 cm³/mol. The second kappa shape index (κ2) is 27.6. The zero-order valence-electron chi connectivity index (χ0n) is 49.9. The second-order valence-electron chi connectivity index (χ2n) is 24.4. The van der Waals surface area contributed by atoms with Crippen LogP contribution in [0.15, 0.2) is 114 Å². The zero-order valence-corrected chi connectivity index (χ0v) is 53.5. The lowest BCUT2D eigenvalue weighted by Crippen LogP contribution is -2.69. The van der Waals surface area contributed by atoms with Gasteiger partial charge < -0.3 is 28.4 Å². The molecular formula is C63H83FN9O5S2Si2+. The fourth-order valence-electron chi connectivity index (χ4n) is 10.4. The number of anilines is 2. The number of quaternary nitrogens is 1. The van der Waals surface area contributed by atoms with Crippen molar-refractivity contribution in [3.05, 3.63) is 142 Å². The second-order valence-corrected chi connectivity index (χ2v) is 36.4. The molecule has 4 heterocycles. The van der Waals surface area contributed by atoms with E-state index in [-0.39, 0.29) is 29.2 Å². The summed E-state index contributed by atoms with van der Waals surface area (Å²) < 4.78 is 39.5. The zero-order chi connectivity index (χ0) is 58.7. The highest BCUT2D eigenvalue weighted by Gasteiger charge is 2.52. The first-order valence-corrected chi connectivity index (χ1v) is 35.8. The van der Waals surface area contributed by atoms with Gasteiger partial charge in [0.2, 0.25) is 0 Å². The molecule has 1 fully saturated rings. The van der Waals surface area contributed by atoms with Crippen molar-refractivity contribution < 1.29 is 32.7 Å². The Balaban J connectivity index is 1.13. The van der Waals surface area contributed by atoms with E-state index in [1.54, 1.807) is 23.5 Å². The van der Waals surface area contributed by atoms with Crippen LogP contribution in [-0.2, 0) is 22.3 Å². The molecule has 4 aromatic carbocycles. The average molecular weight is 1190 g/mol. The van der Waals surface area contributed by atoms with Crippen LogP contribution in [0.2, 0.25) is 30.7 Å². The number of rotatable bonds is 25. The van der Waals surface area contributed by atoms with E-state index in [2.05, 4.69) is 149 Å². The number of halogens is 1. The van der Waals surface area contributed by atoms with Crippen molar-refractivity contribution in [3.63, 3.8) is 0 Å². The van der Waals surface area contributed by atoms with Crippen molar-refractivity contribution in [2.75, 3.05) is 92.1 Å². The standard InChI is InChI=1S/C63H82FN9O5S2Si2/c1-47-43-57(67-68-59(47)66-62-72(46-76-41-42-81(9,10)11)53-29-18-19-30-55(53)79-62)71(61-65-58(60(74)75)56(80-61)31-22-40-77-54-33-32-48(44-52(54)64)23-20-34-69(5)6)35-21-24-49(45-73(8)38-36-70(7)37-39-73)78-82(63(2,3)4,50-25-14-12-15-26-50)51-27-16-13-17-28-51/h12-19,25-30,32-33,43-44,49H,21-22,24,31,34-42,45-46H2,1-11H3/p+1. The van der Waals surface area contributed by atoms with E-state index in [0.717, 1.165) is 70.3 Å². The van der Waals surface area contributed by atoms with Crippen LogP contribution >= 0.6 is 22.7 Å². The van der Waals surface area contributed by atoms with E-state index in [4.69, 9.17) is 34.1 Å². The van der Waals surface area contributed by atoms with Crippen LogP contribution in [-0.4, -0.2) is 155 Å². The number of aromatic nitrogens is 4. The number of nitrogens with zero attached hydrogens (tertiary/aromatic N) is 9. The topological polar surface area (TPSA) is 131 Å². The molecule has 0 spiro atoms. The summed E-state index contributed by atoms with van der Waals surface area (Å²) in [6.45, 7) is 23.1. The van der Waals surface area contributed by atoms with Gasteiger partial charge in [0.15, 0.2) is 38.8 Å². The number of likely N-dealkylation sites (N-methyl/N-ethyl adjacent to an activating group) is 2. The summed E-state index contributed by atoms with van der Waals surface area (Å²) in [5.41, 5.74) is 2.37. The lowest BCUT2D eigenvalue weighted by molar-refractivity contribution is -0.916. The predicted octanol–water partition coefficient (Wildman–Crippen LogP) is 10.8. The Kier molecular flexibility index (Phi) is 20.9. The van der Waals surface area contributed by atoms with Gasteiger partial charge in [-0.2, -0.15) is 4.99 Å². The molecule has 436 valence electrons. The van der Waals surface area contributed by atoms with E-state index >= 15 is 4.39 Å². The maximum atomic E-state index is 15.2. The molecule has 1 aliphatic rings. The summed E-state index contributed by atoms with van der Waals surface area (Å²) >= 11 is 2.90. The highest BCUT2D eigenvalue weighted by atomic mass is 32.1. The molecule has 1 atom stereocenters. The Morgan fingerprint density at radius 3 is 2.23 bits per heavy atom. The molecule has 19 heteroatoms. The number of para-hydroxylation sites is 1. The maximum Gasteiger partial charge on any atom is 0.355 e. The molecule has 0 bridgehead atoms. The molecule has 0 saturated carbocycles. The average Bonchev–Trinajstić information content (AvgIpc) is 4.06. The molecule has 1 aliphatic heterocycles. The number of carboxylic acid groups (broad SMARTS) is 1. The largest absolute Gasteiger partial charge is 0.491 e. The molecular weight excluding hydrogens is 1100 g/mol. The molecule has 1 unspecified atom stereocenters. The lowest BCUT2D eigenvalue weighted by atomic mass is 10.1. The summed E-state index contributed by atoms with van der Waals surface area (Å²) in [6, 6.07) is 37.7. The van der Waals surface area contributed by atoms with Gasteiger partial charge in [0, 0.05) is 44.8 Å². The maximum absolute atomic E-state index is 15.2. The van der Waals surface area contributed by atoms with Crippen LogP contribution in [0, 0.1) is 24.6 Å². The Morgan fingerprint density at radius 2 is 1.60 bits per heavy atom. The van der Waals surface area contributed by atoms with Gasteiger partial charge in [-0.15, -0.1) is 21.5 Å². The van der Waals surface area contributed by atoms with Gasteiger partial charge in [0.1, 0.15) is 13.3 Å². The first-order chi connectivity index (χ1) is 39.1.